The largest absolute Gasteiger partial charge is 0.378 e. The minimum atomic E-state index is 0.766. The van der Waals surface area contributed by atoms with E-state index in [9.17, 15) is 0 Å². The van der Waals surface area contributed by atoms with Crippen LogP contribution in [0.2, 0.25) is 0 Å². The van der Waals surface area contributed by atoms with Gasteiger partial charge in [-0.15, -0.1) is 22.7 Å². The van der Waals surface area contributed by atoms with E-state index in [1.807, 2.05) is 6.07 Å². The highest BCUT2D eigenvalue weighted by molar-refractivity contribution is 7.19. The van der Waals surface area contributed by atoms with Crippen molar-refractivity contribution in [2.24, 2.45) is 0 Å². The molecule has 4 heterocycles. The van der Waals surface area contributed by atoms with Crippen LogP contribution in [-0.4, -0.2) is 36.3 Å². The Morgan fingerprint density at radius 1 is 1.18 bits per heavy atom. The van der Waals surface area contributed by atoms with E-state index in [4.69, 9.17) is 14.7 Å². The first kappa shape index (κ1) is 14.1. The molecule has 4 nitrogen and oxygen atoms in total. The van der Waals surface area contributed by atoms with E-state index >= 15 is 0 Å². The molecule has 0 aromatic carbocycles. The Morgan fingerprint density at radius 2 is 2.00 bits per heavy atom. The third-order valence-corrected chi connectivity index (χ3v) is 6.03. The number of anilines is 1. The summed E-state index contributed by atoms with van der Waals surface area (Å²) in [7, 11) is 0. The van der Waals surface area contributed by atoms with Crippen molar-refractivity contribution in [1.29, 1.82) is 0 Å². The van der Waals surface area contributed by atoms with Gasteiger partial charge < -0.3 is 9.64 Å². The quantitative estimate of drug-likeness (QED) is 0.714. The van der Waals surface area contributed by atoms with E-state index in [2.05, 4.69) is 30.2 Å². The molecule has 1 aliphatic rings. The number of aromatic nitrogens is 2. The first-order chi connectivity index (χ1) is 10.7. The lowest BCUT2D eigenvalue weighted by molar-refractivity contribution is 0.122. The van der Waals surface area contributed by atoms with Crippen molar-refractivity contribution in [3.8, 4) is 10.7 Å². The molecule has 1 saturated heterocycles. The van der Waals surface area contributed by atoms with Gasteiger partial charge in [-0.2, -0.15) is 0 Å². The summed E-state index contributed by atoms with van der Waals surface area (Å²) in [5.41, 5.74) is 1.30. The second kappa shape index (κ2) is 5.61. The Bertz CT molecular complexity index is 805. The van der Waals surface area contributed by atoms with Gasteiger partial charge in [0.2, 0.25) is 0 Å². The molecule has 0 bridgehead atoms. The van der Waals surface area contributed by atoms with Gasteiger partial charge in [-0.3, -0.25) is 0 Å². The molecule has 0 atom stereocenters. The number of rotatable bonds is 2. The summed E-state index contributed by atoms with van der Waals surface area (Å²) in [6.07, 6.45) is 0. The van der Waals surface area contributed by atoms with Crippen LogP contribution < -0.4 is 4.90 Å². The molecule has 0 radical (unpaired) electrons. The van der Waals surface area contributed by atoms with Crippen LogP contribution in [0.15, 0.2) is 17.5 Å². The smallest absolute Gasteiger partial charge is 0.173 e. The summed E-state index contributed by atoms with van der Waals surface area (Å²) in [5.74, 6) is 1.91. The van der Waals surface area contributed by atoms with Gasteiger partial charge >= 0.3 is 0 Å². The van der Waals surface area contributed by atoms with Gasteiger partial charge in [0.25, 0.3) is 0 Å². The normalized spacial score (nSPS) is 15.6. The zero-order valence-electron chi connectivity index (χ0n) is 12.6. The number of aryl methyl sites for hydroxylation is 2. The predicted molar refractivity (Wildman–Crippen MR) is 93.2 cm³/mol. The number of hydrogen-bond donors (Lipinski definition) is 0. The number of hydrogen-bond acceptors (Lipinski definition) is 6. The SMILES string of the molecule is Cc1sc2nc(-c3cccs3)nc(N3CCOCC3)c2c1C. The van der Waals surface area contributed by atoms with Gasteiger partial charge in [-0.25, -0.2) is 9.97 Å². The van der Waals surface area contributed by atoms with E-state index in [1.165, 1.54) is 15.8 Å². The van der Waals surface area contributed by atoms with Crippen molar-refractivity contribution in [3.63, 3.8) is 0 Å². The molecule has 0 spiro atoms. The number of morpholine rings is 1. The lowest BCUT2D eigenvalue weighted by Gasteiger charge is -2.28. The molecule has 0 amide bonds. The second-order valence-corrected chi connectivity index (χ2v) is 7.56. The standard InChI is InChI=1S/C16H17N3OS2/c1-10-11(2)22-16-13(10)15(19-5-7-20-8-6-19)17-14(18-16)12-4-3-9-21-12/h3-4,9H,5-8H2,1-2H3. The van der Waals surface area contributed by atoms with Crippen LogP contribution in [0.1, 0.15) is 10.4 Å². The predicted octanol–water partition coefficient (Wildman–Crippen LogP) is 3.87. The van der Waals surface area contributed by atoms with Crippen molar-refractivity contribution >= 4 is 38.7 Å². The topological polar surface area (TPSA) is 38.2 Å². The van der Waals surface area contributed by atoms with Crippen LogP contribution in [0.5, 0.6) is 0 Å². The van der Waals surface area contributed by atoms with E-state index < -0.39 is 0 Å². The fraction of sp³-hybridized carbons (Fsp3) is 0.375. The van der Waals surface area contributed by atoms with Crippen LogP contribution in [0.3, 0.4) is 0 Å². The highest BCUT2D eigenvalue weighted by Crippen LogP contribution is 2.37. The van der Waals surface area contributed by atoms with Gasteiger partial charge in [0.05, 0.1) is 23.5 Å². The van der Waals surface area contributed by atoms with Gasteiger partial charge in [-0.05, 0) is 30.9 Å². The Labute approximate surface area is 137 Å². The highest BCUT2D eigenvalue weighted by Gasteiger charge is 2.21. The van der Waals surface area contributed by atoms with Crippen molar-refractivity contribution in [1.82, 2.24) is 9.97 Å². The first-order valence-corrected chi connectivity index (χ1v) is 9.08. The fourth-order valence-electron chi connectivity index (χ4n) is 2.75. The summed E-state index contributed by atoms with van der Waals surface area (Å²) in [6.45, 7) is 7.65. The van der Waals surface area contributed by atoms with Crippen molar-refractivity contribution in [2.75, 3.05) is 31.2 Å². The Hall–Kier alpha value is -1.50. The Kier molecular flexibility index (Phi) is 3.60. The van der Waals surface area contributed by atoms with E-state index in [-0.39, 0.29) is 0 Å². The molecular formula is C16H17N3OS2. The van der Waals surface area contributed by atoms with Crippen LogP contribution in [0.25, 0.3) is 20.9 Å². The maximum atomic E-state index is 5.49. The second-order valence-electron chi connectivity index (χ2n) is 5.41. The summed E-state index contributed by atoms with van der Waals surface area (Å²) in [5, 5.41) is 3.28. The van der Waals surface area contributed by atoms with Gasteiger partial charge in [0.1, 0.15) is 10.6 Å². The molecular weight excluding hydrogens is 314 g/mol. The molecule has 22 heavy (non-hydrogen) atoms. The maximum absolute atomic E-state index is 5.49. The number of nitrogens with zero attached hydrogens (tertiary/aromatic N) is 3. The maximum Gasteiger partial charge on any atom is 0.173 e. The highest BCUT2D eigenvalue weighted by atomic mass is 32.1. The molecule has 6 heteroatoms. The Morgan fingerprint density at radius 3 is 2.73 bits per heavy atom. The zero-order valence-corrected chi connectivity index (χ0v) is 14.3. The lowest BCUT2D eigenvalue weighted by Crippen LogP contribution is -2.37. The molecule has 1 aliphatic heterocycles. The lowest BCUT2D eigenvalue weighted by atomic mass is 10.2. The molecule has 0 saturated carbocycles. The molecule has 0 N–H and O–H groups in total. The van der Waals surface area contributed by atoms with Gasteiger partial charge in [0.15, 0.2) is 5.82 Å². The van der Waals surface area contributed by atoms with Crippen LogP contribution >= 0.6 is 22.7 Å². The summed E-state index contributed by atoms with van der Waals surface area (Å²) < 4.78 is 5.49. The number of fused-ring (bicyclic) bond motifs is 1. The fourth-order valence-corrected chi connectivity index (χ4v) is 4.43. The third kappa shape index (κ3) is 2.31. The average Bonchev–Trinajstić information content (AvgIpc) is 3.17. The summed E-state index contributed by atoms with van der Waals surface area (Å²) in [4.78, 5) is 15.6. The number of ether oxygens (including phenoxy) is 1. The van der Waals surface area contributed by atoms with Crippen LogP contribution in [0.4, 0.5) is 5.82 Å². The van der Waals surface area contributed by atoms with Crippen LogP contribution in [0, 0.1) is 13.8 Å². The zero-order chi connectivity index (χ0) is 15.1. The van der Waals surface area contributed by atoms with Gasteiger partial charge in [-0.1, -0.05) is 6.07 Å². The van der Waals surface area contributed by atoms with Crippen molar-refractivity contribution in [3.05, 3.63) is 28.0 Å². The molecule has 4 rings (SSSR count). The van der Waals surface area contributed by atoms with E-state index in [0.29, 0.717) is 0 Å². The first-order valence-electron chi connectivity index (χ1n) is 7.38. The molecule has 1 fully saturated rings. The minimum absolute atomic E-state index is 0.766. The molecule has 114 valence electrons. The van der Waals surface area contributed by atoms with E-state index in [1.54, 1.807) is 22.7 Å². The van der Waals surface area contributed by atoms with E-state index in [0.717, 1.165) is 47.7 Å². The van der Waals surface area contributed by atoms with Gasteiger partial charge in [0, 0.05) is 18.0 Å². The molecule has 0 aliphatic carbocycles. The van der Waals surface area contributed by atoms with Crippen molar-refractivity contribution in [2.45, 2.75) is 13.8 Å². The third-order valence-electron chi connectivity index (χ3n) is 4.06. The van der Waals surface area contributed by atoms with Crippen molar-refractivity contribution < 1.29 is 4.74 Å². The van der Waals surface area contributed by atoms with Crippen LogP contribution in [-0.2, 0) is 4.74 Å². The molecule has 3 aromatic rings. The average molecular weight is 331 g/mol. The summed E-state index contributed by atoms with van der Waals surface area (Å²) in [6, 6.07) is 4.13. The summed E-state index contributed by atoms with van der Waals surface area (Å²) >= 11 is 3.45. The molecule has 3 aromatic heterocycles. The minimum Gasteiger partial charge on any atom is -0.378 e. The number of thiophene rings is 2. The monoisotopic (exact) mass is 331 g/mol. The molecule has 0 unspecified atom stereocenters. The Balaban J connectivity index is 1.94.